The summed E-state index contributed by atoms with van der Waals surface area (Å²) in [4.78, 5) is 50.9. The van der Waals surface area contributed by atoms with Gasteiger partial charge in [0.15, 0.2) is 5.25 Å². The van der Waals surface area contributed by atoms with E-state index in [1.165, 1.54) is 36.0 Å². The van der Waals surface area contributed by atoms with E-state index in [1.54, 1.807) is 24.4 Å². The fourth-order valence-corrected chi connectivity index (χ4v) is 6.46. The van der Waals surface area contributed by atoms with Gasteiger partial charge >= 0.3 is 5.97 Å². The van der Waals surface area contributed by atoms with Gasteiger partial charge in [-0.3, -0.25) is 19.3 Å². The summed E-state index contributed by atoms with van der Waals surface area (Å²) in [6.45, 7) is 0.655. The second-order valence-electron chi connectivity index (χ2n) is 8.33. The summed E-state index contributed by atoms with van der Waals surface area (Å²) in [5.41, 5.74) is 5.86. The Morgan fingerprint density at radius 3 is 2.53 bits per heavy atom. The molecule has 12 nitrogen and oxygen atoms in total. The number of primary amides is 1. The maximum absolute atomic E-state index is 12.9. The molecular formula is C22H22N4O8S2. The lowest BCUT2D eigenvalue weighted by Gasteiger charge is -2.49. The number of hydrogen-bond donors (Lipinski definition) is 4. The largest absolute Gasteiger partial charge is 0.747 e. The second kappa shape index (κ2) is 9.89. The van der Waals surface area contributed by atoms with E-state index in [2.05, 4.69) is 5.32 Å². The molecule has 4 atom stereocenters. The van der Waals surface area contributed by atoms with Gasteiger partial charge in [-0.1, -0.05) is 30.3 Å². The third-order valence-electron chi connectivity index (χ3n) is 5.98. The molecule has 3 heterocycles. The van der Waals surface area contributed by atoms with E-state index >= 15 is 0 Å². The third-order valence-corrected chi connectivity index (χ3v) is 8.39. The standard InChI is InChI=1S/C22H22N4O8S2/c23-18(27)13-6-8-25(9-7-13)10-14-11-35-21-15(20(29)26(21)16(14)22(30)31)24-19(28)17(36(32,33)34)12-4-2-1-3-5-12/h1-8,15,17,21H,9-11H2,(H2,23,27)(H,24,28)(H,30,31)(H,32,33,34)/t15-,17+,21-/m1/s1. The van der Waals surface area contributed by atoms with Gasteiger partial charge in [-0.15, -0.1) is 11.8 Å². The van der Waals surface area contributed by atoms with E-state index < -0.39 is 50.5 Å². The van der Waals surface area contributed by atoms with Crippen LogP contribution in [-0.2, 0) is 29.3 Å². The highest BCUT2D eigenvalue weighted by Crippen LogP contribution is 2.40. The Bertz CT molecular complexity index is 1320. The summed E-state index contributed by atoms with van der Waals surface area (Å²) in [6, 6.07) is 6.00. The molecule has 4 rings (SSSR count). The minimum Gasteiger partial charge on any atom is -0.747 e. The minimum atomic E-state index is -5.09. The van der Waals surface area contributed by atoms with Gasteiger partial charge < -0.3 is 25.6 Å². The van der Waals surface area contributed by atoms with Crippen molar-refractivity contribution in [3.05, 3.63) is 71.1 Å². The fourth-order valence-electron chi connectivity index (χ4n) is 4.30. The fraction of sp³-hybridized carbons (Fsp3) is 0.273. The molecule has 0 spiro atoms. The molecule has 14 heteroatoms. The van der Waals surface area contributed by atoms with Crippen LogP contribution in [0.15, 0.2) is 65.5 Å². The minimum absolute atomic E-state index is 0.0376. The summed E-state index contributed by atoms with van der Waals surface area (Å²) in [5, 5.41) is 9.35. The van der Waals surface area contributed by atoms with E-state index in [1.807, 2.05) is 0 Å². The maximum Gasteiger partial charge on any atom is 0.352 e. The number of carboxylic acid groups (broad SMARTS) is 1. The number of carbonyl (C=O) groups is 4. The highest BCUT2D eigenvalue weighted by Gasteiger charge is 2.55. The van der Waals surface area contributed by atoms with Crippen molar-refractivity contribution in [2.24, 2.45) is 5.73 Å². The van der Waals surface area contributed by atoms with Gasteiger partial charge in [-0.05, 0) is 11.6 Å². The molecule has 3 aliphatic rings. The Labute approximate surface area is 210 Å². The molecule has 0 aliphatic carbocycles. The summed E-state index contributed by atoms with van der Waals surface area (Å²) in [6.07, 6.45) is 4.89. The van der Waals surface area contributed by atoms with Crippen molar-refractivity contribution < 1.29 is 42.2 Å². The molecule has 5 N–H and O–H groups in total. The van der Waals surface area contributed by atoms with Crippen LogP contribution >= 0.6 is 11.8 Å². The van der Waals surface area contributed by atoms with Crippen LogP contribution in [0.3, 0.4) is 0 Å². The Morgan fingerprint density at radius 2 is 1.97 bits per heavy atom. The number of nitrogens with zero attached hydrogens (tertiary/aromatic N) is 1. The van der Waals surface area contributed by atoms with Gasteiger partial charge in [0, 0.05) is 23.0 Å². The lowest BCUT2D eigenvalue weighted by molar-refractivity contribution is -0.835. The van der Waals surface area contributed by atoms with E-state index in [0.717, 1.165) is 9.80 Å². The van der Waals surface area contributed by atoms with E-state index in [0.29, 0.717) is 17.7 Å². The predicted octanol–water partition coefficient (Wildman–Crippen LogP) is -2.16. The number of amides is 3. The first kappa shape index (κ1) is 25.6. The topological polar surface area (TPSA) is 191 Å². The Kier molecular flexibility index (Phi) is 7.04. The zero-order valence-electron chi connectivity index (χ0n) is 18.6. The number of benzene rings is 1. The smallest absolute Gasteiger partial charge is 0.352 e. The van der Waals surface area contributed by atoms with Crippen LogP contribution in [0.4, 0.5) is 0 Å². The highest BCUT2D eigenvalue weighted by atomic mass is 32.2. The molecule has 1 fully saturated rings. The van der Waals surface area contributed by atoms with Crippen molar-refractivity contribution in [1.82, 2.24) is 10.2 Å². The first-order chi connectivity index (χ1) is 17.0. The quantitative estimate of drug-likeness (QED) is 0.212. The van der Waals surface area contributed by atoms with Gasteiger partial charge in [-0.2, -0.15) is 0 Å². The molecule has 0 aromatic heterocycles. The summed E-state index contributed by atoms with van der Waals surface area (Å²) in [7, 11) is -5.09. The lowest BCUT2D eigenvalue weighted by Crippen LogP contribution is -3.08. The average Bonchev–Trinajstić information content (AvgIpc) is 2.82. The molecule has 1 unspecified atom stereocenters. The molecule has 1 saturated heterocycles. The third kappa shape index (κ3) is 4.93. The molecule has 1 aromatic rings. The van der Waals surface area contributed by atoms with Crippen molar-refractivity contribution in [2.75, 3.05) is 18.8 Å². The Balaban J connectivity index is 1.51. The number of quaternary nitrogens is 1. The van der Waals surface area contributed by atoms with E-state index in [4.69, 9.17) is 5.73 Å². The number of thioether (sulfide) groups is 1. The number of carboxylic acids is 1. The monoisotopic (exact) mass is 534 g/mol. The zero-order chi connectivity index (χ0) is 26.2. The molecule has 3 amide bonds. The number of β-lactam (4-membered cyclic amide) rings is 1. The summed E-state index contributed by atoms with van der Waals surface area (Å²) < 4.78 is 35.5. The number of fused-ring (bicyclic) bond motifs is 1. The van der Waals surface area contributed by atoms with Gasteiger partial charge in [0.05, 0.1) is 6.20 Å². The van der Waals surface area contributed by atoms with Crippen LogP contribution in [-0.4, -0.2) is 76.9 Å². The van der Waals surface area contributed by atoms with Crippen molar-refractivity contribution in [1.29, 1.82) is 0 Å². The van der Waals surface area contributed by atoms with Crippen LogP contribution in [0.2, 0.25) is 0 Å². The number of nitrogens with two attached hydrogens (primary N) is 1. The molecule has 190 valence electrons. The maximum atomic E-state index is 12.9. The van der Waals surface area contributed by atoms with E-state index in [-0.39, 0.29) is 23.6 Å². The number of carbonyl (C=O) groups excluding carboxylic acids is 3. The van der Waals surface area contributed by atoms with Gasteiger partial charge in [-0.25, -0.2) is 13.2 Å². The normalized spacial score (nSPS) is 24.4. The zero-order valence-corrected chi connectivity index (χ0v) is 20.3. The first-order valence-electron chi connectivity index (χ1n) is 10.7. The van der Waals surface area contributed by atoms with Crippen LogP contribution in [0.1, 0.15) is 10.8 Å². The van der Waals surface area contributed by atoms with Crippen LogP contribution in [0.5, 0.6) is 0 Å². The molecule has 36 heavy (non-hydrogen) atoms. The highest BCUT2D eigenvalue weighted by molar-refractivity contribution is 8.00. The van der Waals surface area contributed by atoms with Crippen molar-refractivity contribution >= 4 is 45.6 Å². The summed E-state index contributed by atoms with van der Waals surface area (Å²) in [5.74, 6) is -3.50. The molecule has 0 bridgehead atoms. The number of rotatable bonds is 8. The van der Waals surface area contributed by atoms with Gasteiger partial charge in [0.1, 0.15) is 40.3 Å². The number of hydrogen-bond acceptors (Lipinski definition) is 8. The van der Waals surface area contributed by atoms with Gasteiger partial charge in [0.2, 0.25) is 11.8 Å². The lowest BCUT2D eigenvalue weighted by atomic mass is 10.0. The molecule has 0 radical (unpaired) electrons. The Hall–Kier alpha value is -3.46. The number of aliphatic carboxylic acids is 1. The van der Waals surface area contributed by atoms with Crippen LogP contribution in [0, 0.1) is 0 Å². The summed E-state index contributed by atoms with van der Waals surface area (Å²) >= 11 is 1.22. The molecular weight excluding hydrogens is 512 g/mol. The molecule has 3 aliphatic heterocycles. The number of nitrogens with one attached hydrogen (secondary N) is 2. The van der Waals surface area contributed by atoms with Crippen molar-refractivity contribution in [3.63, 3.8) is 0 Å². The first-order valence-corrected chi connectivity index (χ1v) is 13.2. The second-order valence-corrected chi connectivity index (χ2v) is 10.9. The van der Waals surface area contributed by atoms with Crippen LogP contribution < -0.4 is 16.0 Å². The van der Waals surface area contributed by atoms with Crippen molar-refractivity contribution in [3.8, 4) is 0 Å². The van der Waals surface area contributed by atoms with Crippen LogP contribution in [0.25, 0.3) is 0 Å². The predicted molar refractivity (Wildman–Crippen MR) is 126 cm³/mol. The van der Waals surface area contributed by atoms with Crippen molar-refractivity contribution in [2.45, 2.75) is 16.7 Å². The SMILES string of the molecule is NC(=O)C1=CC[NH+](CC2=C(C(=O)O)N3C(=O)[C@@H](NC(=O)[C@H](c4ccccc4)S(=O)(=O)[O-])[C@H]3SC2)C=C1. The van der Waals surface area contributed by atoms with Gasteiger partial charge in [0.25, 0.3) is 5.91 Å². The molecule has 0 saturated carbocycles. The molecule has 1 aromatic carbocycles. The average molecular weight is 535 g/mol. The van der Waals surface area contributed by atoms with E-state index in [9.17, 15) is 37.3 Å². The Morgan fingerprint density at radius 1 is 1.28 bits per heavy atom.